The lowest BCUT2D eigenvalue weighted by Crippen LogP contribution is -2.14. The minimum atomic E-state index is -0.144. The number of methoxy groups -OCH3 is 2. The van der Waals surface area contributed by atoms with E-state index in [2.05, 4.69) is 28.1 Å². The van der Waals surface area contributed by atoms with E-state index in [-0.39, 0.29) is 6.04 Å². The Morgan fingerprint density at radius 2 is 1.70 bits per heavy atom. The van der Waals surface area contributed by atoms with Crippen molar-refractivity contribution in [2.75, 3.05) is 14.2 Å². The Balaban J connectivity index is 2.30. The monoisotopic (exact) mass is 335 g/mol. The van der Waals surface area contributed by atoms with E-state index < -0.39 is 0 Å². The molecular weight excluding hydrogens is 318 g/mol. The van der Waals surface area contributed by atoms with E-state index in [4.69, 9.17) is 15.2 Å². The van der Waals surface area contributed by atoms with Crippen molar-refractivity contribution in [2.45, 2.75) is 12.5 Å². The molecule has 0 spiro atoms. The van der Waals surface area contributed by atoms with Crippen molar-refractivity contribution in [3.05, 3.63) is 58.1 Å². The summed E-state index contributed by atoms with van der Waals surface area (Å²) < 4.78 is 11.6. The highest BCUT2D eigenvalue weighted by atomic mass is 79.9. The van der Waals surface area contributed by atoms with E-state index in [0.717, 1.165) is 28.0 Å². The molecule has 2 N–H and O–H groups in total. The van der Waals surface area contributed by atoms with Crippen LogP contribution in [0.4, 0.5) is 0 Å². The molecule has 1 unspecified atom stereocenters. The molecule has 0 aliphatic rings. The maximum absolute atomic E-state index is 6.33. The first-order valence-corrected chi connectivity index (χ1v) is 7.16. The van der Waals surface area contributed by atoms with E-state index in [0.29, 0.717) is 0 Å². The minimum absolute atomic E-state index is 0.144. The molecule has 0 aliphatic heterocycles. The largest absolute Gasteiger partial charge is 0.496 e. The van der Waals surface area contributed by atoms with Gasteiger partial charge in [0.15, 0.2) is 0 Å². The summed E-state index contributed by atoms with van der Waals surface area (Å²) >= 11 is 3.45. The third-order valence-corrected chi connectivity index (χ3v) is 3.82. The van der Waals surface area contributed by atoms with Crippen molar-refractivity contribution in [3.63, 3.8) is 0 Å². The Morgan fingerprint density at radius 3 is 2.30 bits per heavy atom. The van der Waals surface area contributed by atoms with Gasteiger partial charge in [0.1, 0.15) is 11.5 Å². The standard InChI is InChI=1S/C16H18BrNO2/c1-19-15-10-13(17)16(20-2)9-12(15)14(18)8-11-6-4-3-5-7-11/h3-7,9-10,14H,8,18H2,1-2H3. The molecule has 0 fully saturated rings. The second-order valence-electron chi connectivity index (χ2n) is 4.52. The topological polar surface area (TPSA) is 44.5 Å². The number of halogens is 1. The van der Waals surface area contributed by atoms with E-state index in [1.807, 2.05) is 30.3 Å². The Kier molecular flexibility index (Phi) is 5.04. The van der Waals surface area contributed by atoms with Crippen LogP contribution in [0.2, 0.25) is 0 Å². The van der Waals surface area contributed by atoms with Crippen molar-refractivity contribution < 1.29 is 9.47 Å². The summed E-state index contributed by atoms with van der Waals surface area (Å²) in [6, 6.07) is 13.8. The van der Waals surface area contributed by atoms with Crippen LogP contribution in [-0.4, -0.2) is 14.2 Å². The van der Waals surface area contributed by atoms with Gasteiger partial charge in [0.25, 0.3) is 0 Å². The molecule has 106 valence electrons. The molecule has 0 bridgehead atoms. The molecular formula is C16H18BrNO2. The van der Waals surface area contributed by atoms with Gasteiger partial charge in [0, 0.05) is 11.6 Å². The van der Waals surface area contributed by atoms with Crippen molar-refractivity contribution in [1.82, 2.24) is 0 Å². The Morgan fingerprint density at radius 1 is 1.05 bits per heavy atom. The minimum Gasteiger partial charge on any atom is -0.496 e. The van der Waals surface area contributed by atoms with Crippen LogP contribution in [0.5, 0.6) is 11.5 Å². The van der Waals surface area contributed by atoms with Gasteiger partial charge in [-0.3, -0.25) is 0 Å². The molecule has 2 rings (SSSR count). The van der Waals surface area contributed by atoms with Gasteiger partial charge in [-0.1, -0.05) is 30.3 Å². The van der Waals surface area contributed by atoms with Crippen molar-refractivity contribution in [3.8, 4) is 11.5 Å². The molecule has 0 saturated heterocycles. The van der Waals surface area contributed by atoms with Crippen molar-refractivity contribution >= 4 is 15.9 Å². The normalized spacial score (nSPS) is 12.0. The van der Waals surface area contributed by atoms with E-state index >= 15 is 0 Å². The fourth-order valence-corrected chi connectivity index (χ4v) is 2.64. The predicted molar refractivity (Wildman–Crippen MR) is 84.3 cm³/mol. The summed E-state index contributed by atoms with van der Waals surface area (Å²) in [4.78, 5) is 0. The van der Waals surface area contributed by atoms with Gasteiger partial charge in [-0.25, -0.2) is 0 Å². The second-order valence-corrected chi connectivity index (χ2v) is 5.38. The van der Waals surface area contributed by atoms with Gasteiger partial charge >= 0.3 is 0 Å². The van der Waals surface area contributed by atoms with Gasteiger partial charge in [-0.05, 0) is 40.0 Å². The van der Waals surface area contributed by atoms with Crippen LogP contribution in [0, 0.1) is 0 Å². The van der Waals surface area contributed by atoms with Gasteiger partial charge < -0.3 is 15.2 Å². The van der Waals surface area contributed by atoms with Crippen LogP contribution in [0.1, 0.15) is 17.2 Å². The maximum atomic E-state index is 6.33. The first-order chi connectivity index (χ1) is 9.65. The predicted octanol–water partition coefficient (Wildman–Crippen LogP) is 3.71. The third kappa shape index (κ3) is 3.32. The zero-order valence-electron chi connectivity index (χ0n) is 11.6. The van der Waals surface area contributed by atoms with Crippen LogP contribution in [0.3, 0.4) is 0 Å². The molecule has 4 heteroatoms. The fourth-order valence-electron chi connectivity index (χ4n) is 2.15. The maximum Gasteiger partial charge on any atom is 0.133 e. The molecule has 20 heavy (non-hydrogen) atoms. The average molecular weight is 336 g/mol. The molecule has 2 aromatic rings. The lowest BCUT2D eigenvalue weighted by molar-refractivity contribution is 0.393. The van der Waals surface area contributed by atoms with Gasteiger partial charge in [0.05, 0.1) is 18.7 Å². The molecule has 0 saturated carbocycles. The van der Waals surface area contributed by atoms with E-state index in [1.54, 1.807) is 14.2 Å². The quantitative estimate of drug-likeness (QED) is 0.905. The molecule has 0 heterocycles. The molecule has 1 atom stereocenters. The number of nitrogens with two attached hydrogens (primary N) is 1. The van der Waals surface area contributed by atoms with E-state index in [1.165, 1.54) is 5.56 Å². The summed E-state index contributed by atoms with van der Waals surface area (Å²) in [5.41, 5.74) is 8.47. The number of hydrogen-bond acceptors (Lipinski definition) is 3. The fraction of sp³-hybridized carbons (Fsp3) is 0.250. The summed E-state index contributed by atoms with van der Waals surface area (Å²) in [5, 5.41) is 0. The van der Waals surface area contributed by atoms with E-state index in [9.17, 15) is 0 Å². The third-order valence-electron chi connectivity index (χ3n) is 3.20. The Hall–Kier alpha value is -1.52. The van der Waals surface area contributed by atoms with Crippen LogP contribution in [-0.2, 0) is 6.42 Å². The highest BCUT2D eigenvalue weighted by Crippen LogP contribution is 2.36. The molecule has 3 nitrogen and oxygen atoms in total. The van der Waals surface area contributed by atoms with Crippen molar-refractivity contribution in [2.24, 2.45) is 5.73 Å². The molecule has 0 amide bonds. The van der Waals surface area contributed by atoms with Gasteiger partial charge in [0.2, 0.25) is 0 Å². The van der Waals surface area contributed by atoms with Crippen LogP contribution in [0.15, 0.2) is 46.9 Å². The molecule has 0 aliphatic carbocycles. The zero-order valence-corrected chi connectivity index (χ0v) is 13.2. The van der Waals surface area contributed by atoms with Crippen LogP contribution in [0.25, 0.3) is 0 Å². The second kappa shape index (κ2) is 6.77. The lowest BCUT2D eigenvalue weighted by Gasteiger charge is -2.18. The van der Waals surface area contributed by atoms with Crippen LogP contribution >= 0.6 is 15.9 Å². The van der Waals surface area contributed by atoms with Gasteiger partial charge in [-0.15, -0.1) is 0 Å². The highest BCUT2D eigenvalue weighted by Gasteiger charge is 2.16. The summed E-state index contributed by atoms with van der Waals surface area (Å²) in [6.07, 6.45) is 0.752. The van der Waals surface area contributed by atoms with Crippen LogP contribution < -0.4 is 15.2 Å². The van der Waals surface area contributed by atoms with Crippen molar-refractivity contribution in [1.29, 1.82) is 0 Å². The highest BCUT2D eigenvalue weighted by molar-refractivity contribution is 9.10. The number of hydrogen-bond donors (Lipinski definition) is 1. The average Bonchev–Trinajstić information content (AvgIpc) is 2.47. The number of ether oxygens (including phenoxy) is 2. The zero-order chi connectivity index (χ0) is 14.5. The lowest BCUT2D eigenvalue weighted by atomic mass is 9.98. The first kappa shape index (κ1) is 14.9. The Labute approximate surface area is 127 Å². The molecule has 2 aromatic carbocycles. The number of benzene rings is 2. The SMILES string of the molecule is COc1cc(C(N)Cc2ccccc2)c(OC)cc1Br. The summed E-state index contributed by atoms with van der Waals surface area (Å²) in [7, 11) is 3.28. The van der Waals surface area contributed by atoms with Gasteiger partial charge in [-0.2, -0.15) is 0 Å². The smallest absolute Gasteiger partial charge is 0.133 e. The first-order valence-electron chi connectivity index (χ1n) is 6.36. The molecule has 0 aromatic heterocycles. The summed E-state index contributed by atoms with van der Waals surface area (Å²) in [5.74, 6) is 1.52. The molecule has 0 radical (unpaired) electrons. The number of rotatable bonds is 5. The summed E-state index contributed by atoms with van der Waals surface area (Å²) in [6.45, 7) is 0. The Bertz CT molecular complexity index is 572.